The van der Waals surface area contributed by atoms with Crippen LogP contribution in [0.1, 0.15) is 18.0 Å². The van der Waals surface area contributed by atoms with Crippen molar-refractivity contribution >= 4 is 0 Å². The summed E-state index contributed by atoms with van der Waals surface area (Å²) in [6.45, 7) is -0.0263. The van der Waals surface area contributed by atoms with E-state index in [1.807, 2.05) is 0 Å². The van der Waals surface area contributed by atoms with Gasteiger partial charge in [-0.15, -0.1) is 0 Å². The Morgan fingerprint density at radius 1 is 1.31 bits per heavy atom. The van der Waals surface area contributed by atoms with Crippen LogP contribution in [0.15, 0.2) is 18.2 Å². The first-order valence-corrected chi connectivity index (χ1v) is 4.03. The van der Waals surface area contributed by atoms with Crippen molar-refractivity contribution in [1.29, 1.82) is 0 Å². The van der Waals surface area contributed by atoms with Crippen LogP contribution in [0.3, 0.4) is 0 Å². The van der Waals surface area contributed by atoms with Crippen LogP contribution in [0.4, 0.5) is 0 Å². The predicted molar refractivity (Wildman–Crippen MR) is 48.4 cm³/mol. The number of benzene rings is 1. The van der Waals surface area contributed by atoms with E-state index in [1.165, 1.54) is 12.1 Å². The van der Waals surface area contributed by atoms with Crippen molar-refractivity contribution in [2.24, 2.45) is 5.73 Å². The van der Waals surface area contributed by atoms with Crippen LogP contribution in [0.25, 0.3) is 0 Å². The predicted octanol–water partition coefficient (Wildman–Crippen LogP) is 0.480. The SMILES string of the molecule is N[C@@H](CCO)c1ccc(O)cc1O. The number of hydrogen-bond acceptors (Lipinski definition) is 4. The minimum absolute atomic E-state index is 0.00236. The number of hydrogen-bond donors (Lipinski definition) is 4. The van der Waals surface area contributed by atoms with E-state index in [0.29, 0.717) is 12.0 Å². The van der Waals surface area contributed by atoms with Gasteiger partial charge in [0.05, 0.1) is 0 Å². The van der Waals surface area contributed by atoms with Crippen molar-refractivity contribution in [1.82, 2.24) is 0 Å². The van der Waals surface area contributed by atoms with E-state index in [0.717, 1.165) is 0 Å². The van der Waals surface area contributed by atoms with E-state index in [1.54, 1.807) is 6.07 Å². The first-order chi connectivity index (χ1) is 6.15. The molecule has 0 radical (unpaired) electrons. The molecule has 4 nitrogen and oxygen atoms in total. The summed E-state index contributed by atoms with van der Waals surface area (Å²) >= 11 is 0. The monoisotopic (exact) mass is 183 g/mol. The summed E-state index contributed by atoms with van der Waals surface area (Å²) in [6.07, 6.45) is 0.387. The van der Waals surface area contributed by atoms with Gasteiger partial charge >= 0.3 is 0 Å². The average molecular weight is 183 g/mol. The van der Waals surface area contributed by atoms with Crippen molar-refractivity contribution < 1.29 is 15.3 Å². The molecule has 0 saturated heterocycles. The Kier molecular flexibility index (Phi) is 3.11. The highest BCUT2D eigenvalue weighted by atomic mass is 16.3. The first kappa shape index (κ1) is 9.83. The average Bonchev–Trinajstić information content (AvgIpc) is 2.04. The highest BCUT2D eigenvalue weighted by Crippen LogP contribution is 2.27. The van der Waals surface area contributed by atoms with E-state index in [2.05, 4.69) is 0 Å². The van der Waals surface area contributed by atoms with Gasteiger partial charge in [0, 0.05) is 24.3 Å². The number of phenols is 2. The van der Waals surface area contributed by atoms with Crippen LogP contribution < -0.4 is 5.73 Å². The molecule has 0 spiro atoms. The third kappa shape index (κ3) is 2.34. The van der Waals surface area contributed by atoms with Crippen LogP contribution in [-0.2, 0) is 0 Å². The summed E-state index contributed by atoms with van der Waals surface area (Å²) in [6, 6.07) is 3.83. The van der Waals surface area contributed by atoms with Gasteiger partial charge in [-0.3, -0.25) is 0 Å². The Labute approximate surface area is 76.2 Å². The molecule has 5 N–H and O–H groups in total. The molecule has 0 unspecified atom stereocenters. The molecular formula is C9H13NO3. The lowest BCUT2D eigenvalue weighted by atomic mass is 10.0. The minimum atomic E-state index is -0.398. The summed E-state index contributed by atoms with van der Waals surface area (Å²) in [7, 11) is 0. The summed E-state index contributed by atoms with van der Waals surface area (Å²) < 4.78 is 0. The molecule has 0 aliphatic heterocycles. The summed E-state index contributed by atoms with van der Waals surface area (Å²) in [4.78, 5) is 0. The summed E-state index contributed by atoms with van der Waals surface area (Å²) in [5.74, 6) is -0.0431. The Morgan fingerprint density at radius 3 is 2.54 bits per heavy atom. The number of aliphatic hydroxyl groups excluding tert-OH is 1. The van der Waals surface area contributed by atoms with Crippen molar-refractivity contribution in [2.45, 2.75) is 12.5 Å². The molecule has 1 atom stereocenters. The van der Waals surface area contributed by atoms with Crippen molar-refractivity contribution in [3.63, 3.8) is 0 Å². The van der Waals surface area contributed by atoms with Gasteiger partial charge in [0.15, 0.2) is 0 Å². The van der Waals surface area contributed by atoms with Gasteiger partial charge in [-0.05, 0) is 12.5 Å². The fraction of sp³-hybridized carbons (Fsp3) is 0.333. The maximum atomic E-state index is 9.37. The number of nitrogens with two attached hydrogens (primary N) is 1. The normalized spacial score (nSPS) is 12.8. The van der Waals surface area contributed by atoms with Gasteiger partial charge in [-0.25, -0.2) is 0 Å². The molecule has 13 heavy (non-hydrogen) atoms. The Hall–Kier alpha value is -1.26. The lowest BCUT2D eigenvalue weighted by Crippen LogP contribution is -2.11. The van der Waals surface area contributed by atoms with Gasteiger partial charge < -0.3 is 21.1 Å². The standard InChI is InChI=1S/C9H13NO3/c10-8(3-4-11)7-2-1-6(12)5-9(7)13/h1-2,5,8,11-13H,3-4,10H2/t8-/m0/s1. The maximum absolute atomic E-state index is 9.37. The smallest absolute Gasteiger partial charge is 0.124 e. The number of rotatable bonds is 3. The number of aromatic hydroxyl groups is 2. The molecule has 0 bridgehead atoms. The van der Waals surface area contributed by atoms with E-state index >= 15 is 0 Å². The molecule has 0 heterocycles. The molecular weight excluding hydrogens is 170 g/mol. The largest absolute Gasteiger partial charge is 0.508 e. The topological polar surface area (TPSA) is 86.7 Å². The van der Waals surface area contributed by atoms with Crippen LogP contribution in [0.2, 0.25) is 0 Å². The molecule has 0 aliphatic rings. The molecule has 0 aliphatic carbocycles. The molecule has 0 aromatic heterocycles. The fourth-order valence-corrected chi connectivity index (χ4v) is 1.14. The van der Waals surface area contributed by atoms with Crippen LogP contribution in [0.5, 0.6) is 11.5 Å². The van der Waals surface area contributed by atoms with E-state index in [-0.39, 0.29) is 18.1 Å². The van der Waals surface area contributed by atoms with Crippen molar-refractivity contribution in [3.8, 4) is 11.5 Å². The van der Waals surface area contributed by atoms with Crippen LogP contribution >= 0.6 is 0 Å². The molecule has 0 fully saturated rings. The molecule has 0 amide bonds. The fourth-order valence-electron chi connectivity index (χ4n) is 1.14. The lowest BCUT2D eigenvalue weighted by Gasteiger charge is -2.11. The summed E-state index contributed by atoms with van der Waals surface area (Å²) in [5, 5.41) is 27.0. The third-order valence-electron chi connectivity index (χ3n) is 1.85. The van der Waals surface area contributed by atoms with Gasteiger partial charge in [0.25, 0.3) is 0 Å². The maximum Gasteiger partial charge on any atom is 0.124 e. The Balaban J connectivity index is 2.88. The van der Waals surface area contributed by atoms with Gasteiger partial charge in [-0.2, -0.15) is 0 Å². The zero-order valence-electron chi connectivity index (χ0n) is 7.14. The number of aliphatic hydroxyl groups is 1. The van der Waals surface area contributed by atoms with Gasteiger partial charge in [0.2, 0.25) is 0 Å². The zero-order chi connectivity index (χ0) is 9.84. The quantitative estimate of drug-likeness (QED) is 0.549. The molecule has 4 heteroatoms. The number of phenolic OH excluding ortho intramolecular Hbond substituents is 2. The van der Waals surface area contributed by atoms with E-state index < -0.39 is 6.04 Å². The third-order valence-corrected chi connectivity index (χ3v) is 1.85. The second-order valence-electron chi connectivity index (χ2n) is 2.86. The first-order valence-electron chi connectivity index (χ1n) is 4.03. The highest BCUT2D eigenvalue weighted by Gasteiger charge is 2.10. The Morgan fingerprint density at radius 2 is 2.00 bits per heavy atom. The lowest BCUT2D eigenvalue weighted by molar-refractivity contribution is 0.275. The van der Waals surface area contributed by atoms with Crippen molar-refractivity contribution in [3.05, 3.63) is 23.8 Å². The second kappa shape index (κ2) is 4.11. The van der Waals surface area contributed by atoms with Crippen molar-refractivity contribution in [2.75, 3.05) is 6.61 Å². The molecule has 0 saturated carbocycles. The van der Waals surface area contributed by atoms with Gasteiger partial charge in [0.1, 0.15) is 11.5 Å². The van der Waals surface area contributed by atoms with Crippen LogP contribution in [0, 0.1) is 0 Å². The highest BCUT2D eigenvalue weighted by molar-refractivity contribution is 5.40. The second-order valence-corrected chi connectivity index (χ2v) is 2.86. The van der Waals surface area contributed by atoms with Crippen LogP contribution in [-0.4, -0.2) is 21.9 Å². The molecule has 1 aromatic carbocycles. The Bertz CT molecular complexity index is 288. The molecule has 1 rings (SSSR count). The molecule has 1 aromatic rings. The minimum Gasteiger partial charge on any atom is -0.508 e. The summed E-state index contributed by atoms with van der Waals surface area (Å²) in [5.41, 5.74) is 6.19. The van der Waals surface area contributed by atoms with E-state index in [9.17, 15) is 5.11 Å². The van der Waals surface area contributed by atoms with E-state index in [4.69, 9.17) is 15.9 Å². The zero-order valence-corrected chi connectivity index (χ0v) is 7.14. The van der Waals surface area contributed by atoms with Gasteiger partial charge in [-0.1, -0.05) is 6.07 Å². The molecule has 72 valence electrons.